The number of hydrogen-bond donors (Lipinski definition) is 2. The van der Waals surface area contributed by atoms with Gasteiger partial charge in [-0.05, 0) is 18.6 Å². The first kappa shape index (κ1) is 10.6. The molecule has 1 aromatic carbocycles. The molecule has 1 aliphatic rings. The van der Waals surface area contributed by atoms with E-state index in [1.54, 1.807) is 0 Å². The molecule has 17 heavy (non-hydrogen) atoms. The van der Waals surface area contributed by atoms with Crippen molar-refractivity contribution >= 4 is 10.9 Å². The van der Waals surface area contributed by atoms with Gasteiger partial charge >= 0.3 is 0 Å². The number of aromatic hydroxyl groups is 1. The lowest BCUT2D eigenvalue weighted by Gasteiger charge is -2.07. The van der Waals surface area contributed by atoms with Crippen molar-refractivity contribution in [1.82, 2.24) is 9.88 Å². The molecule has 0 saturated carbocycles. The van der Waals surface area contributed by atoms with Gasteiger partial charge in [0.2, 0.25) is 0 Å². The third kappa shape index (κ3) is 1.52. The zero-order chi connectivity index (χ0) is 12.0. The van der Waals surface area contributed by atoms with Gasteiger partial charge in [0.1, 0.15) is 11.6 Å². The average Bonchev–Trinajstić information content (AvgIpc) is 2.48. The van der Waals surface area contributed by atoms with Crippen LogP contribution in [0.25, 0.3) is 10.9 Å². The number of phenols is 1. The highest BCUT2D eigenvalue weighted by Crippen LogP contribution is 2.33. The molecule has 3 nitrogen and oxygen atoms in total. The second kappa shape index (κ2) is 3.74. The Morgan fingerprint density at radius 2 is 2.18 bits per heavy atom. The van der Waals surface area contributed by atoms with Gasteiger partial charge in [0.15, 0.2) is 0 Å². The molecule has 0 atom stereocenters. The predicted octanol–water partition coefficient (Wildman–Crippen LogP) is 1.94. The highest BCUT2D eigenvalue weighted by Gasteiger charge is 2.19. The van der Waals surface area contributed by atoms with Crippen molar-refractivity contribution in [2.75, 3.05) is 13.1 Å². The average molecular weight is 234 g/mol. The van der Waals surface area contributed by atoms with Gasteiger partial charge in [0, 0.05) is 43.2 Å². The van der Waals surface area contributed by atoms with Crippen LogP contribution in [0.4, 0.5) is 4.39 Å². The molecule has 0 saturated heterocycles. The Balaban J connectivity index is 2.37. The van der Waals surface area contributed by atoms with Gasteiger partial charge in [-0.2, -0.15) is 0 Å². The van der Waals surface area contributed by atoms with E-state index >= 15 is 0 Å². The van der Waals surface area contributed by atoms with Gasteiger partial charge in [0.25, 0.3) is 0 Å². The quantitative estimate of drug-likeness (QED) is 0.731. The molecule has 2 heterocycles. The molecule has 1 aromatic heterocycles. The summed E-state index contributed by atoms with van der Waals surface area (Å²) >= 11 is 0. The van der Waals surface area contributed by atoms with E-state index in [4.69, 9.17) is 0 Å². The highest BCUT2D eigenvalue weighted by atomic mass is 19.1. The van der Waals surface area contributed by atoms with E-state index in [0.29, 0.717) is 0 Å². The van der Waals surface area contributed by atoms with E-state index in [0.717, 1.165) is 42.5 Å². The summed E-state index contributed by atoms with van der Waals surface area (Å²) in [5, 5.41) is 14.1. The van der Waals surface area contributed by atoms with E-state index in [-0.39, 0.29) is 11.6 Å². The summed E-state index contributed by atoms with van der Waals surface area (Å²) in [4.78, 5) is 0. The van der Waals surface area contributed by atoms with Crippen molar-refractivity contribution in [3.8, 4) is 5.75 Å². The molecule has 90 valence electrons. The lowest BCUT2D eigenvalue weighted by atomic mass is 10.1. The molecule has 0 bridgehead atoms. The monoisotopic (exact) mass is 234 g/mol. The van der Waals surface area contributed by atoms with Gasteiger partial charge < -0.3 is 15.0 Å². The number of halogens is 1. The maximum Gasteiger partial charge on any atom is 0.142 e. The van der Waals surface area contributed by atoms with Crippen LogP contribution in [0.5, 0.6) is 5.75 Å². The third-order valence-electron chi connectivity index (χ3n) is 3.54. The molecule has 4 heteroatoms. The van der Waals surface area contributed by atoms with E-state index in [2.05, 4.69) is 9.88 Å². The zero-order valence-corrected chi connectivity index (χ0v) is 9.76. The molecule has 0 spiro atoms. The Kier molecular flexibility index (Phi) is 2.33. The Bertz CT molecular complexity index is 589. The van der Waals surface area contributed by atoms with E-state index in [1.807, 2.05) is 6.92 Å². The van der Waals surface area contributed by atoms with Gasteiger partial charge in [-0.25, -0.2) is 4.39 Å². The first-order valence-electron chi connectivity index (χ1n) is 5.89. The summed E-state index contributed by atoms with van der Waals surface area (Å²) in [7, 11) is 0. The number of rotatable bonds is 0. The van der Waals surface area contributed by atoms with Crippen molar-refractivity contribution in [2.45, 2.75) is 19.9 Å². The number of phenolic OH excluding ortho intramolecular Hbond substituents is 1. The normalized spacial score (nSPS) is 15.9. The summed E-state index contributed by atoms with van der Waals surface area (Å²) in [5.74, 6) is -0.340. The standard InChI is InChI=1S/C13H15FN2O/c1-8-10-6-9(14)7-12(17)13(10)16-5-4-15-3-2-11(8)16/h6-7,15,17H,2-5H2,1H3. The Hall–Kier alpha value is -1.55. The molecule has 3 rings (SSSR count). The minimum atomic E-state index is -0.378. The van der Waals surface area contributed by atoms with Crippen molar-refractivity contribution in [3.63, 3.8) is 0 Å². The minimum absolute atomic E-state index is 0.0382. The molecule has 2 aromatic rings. The summed E-state index contributed by atoms with van der Waals surface area (Å²) in [6.07, 6.45) is 0.918. The maximum atomic E-state index is 13.3. The minimum Gasteiger partial charge on any atom is -0.506 e. The number of aromatic nitrogens is 1. The number of nitrogens with one attached hydrogen (secondary N) is 1. The van der Waals surface area contributed by atoms with Gasteiger partial charge in [-0.3, -0.25) is 0 Å². The Labute approximate surface area is 98.9 Å². The third-order valence-corrected chi connectivity index (χ3v) is 3.54. The molecular formula is C13H15FN2O. The highest BCUT2D eigenvalue weighted by molar-refractivity contribution is 5.90. The molecule has 1 aliphatic heterocycles. The second-order valence-electron chi connectivity index (χ2n) is 4.54. The number of hydrogen-bond acceptors (Lipinski definition) is 2. The molecule has 0 radical (unpaired) electrons. The Morgan fingerprint density at radius 1 is 1.35 bits per heavy atom. The first-order valence-corrected chi connectivity index (χ1v) is 5.89. The summed E-state index contributed by atoms with van der Waals surface area (Å²) in [5.41, 5.74) is 3.05. The van der Waals surface area contributed by atoms with Gasteiger partial charge in [-0.15, -0.1) is 0 Å². The predicted molar refractivity (Wildman–Crippen MR) is 64.9 cm³/mol. The van der Waals surface area contributed by atoms with Gasteiger partial charge in [0.05, 0.1) is 5.52 Å². The fourth-order valence-electron chi connectivity index (χ4n) is 2.74. The van der Waals surface area contributed by atoms with E-state index < -0.39 is 0 Å². The summed E-state index contributed by atoms with van der Waals surface area (Å²) in [6, 6.07) is 2.70. The number of aryl methyl sites for hydroxylation is 1. The fourth-order valence-corrected chi connectivity index (χ4v) is 2.74. The van der Waals surface area contributed by atoms with Crippen molar-refractivity contribution in [1.29, 1.82) is 0 Å². The molecule has 0 amide bonds. The molecule has 0 fully saturated rings. The largest absolute Gasteiger partial charge is 0.506 e. The maximum absolute atomic E-state index is 13.3. The number of benzene rings is 1. The first-order chi connectivity index (χ1) is 8.18. The van der Waals surface area contributed by atoms with Crippen LogP contribution in [0.1, 0.15) is 11.3 Å². The van der Waals surface area contributed by atoms with Crippen LogP contribution in [-0.2, 0) is 13.0 Å². The van der Waals surface area contributed by atoms with Crippen LogP contribution in [-0.4, -0.2) is 22.8 Å². The smallest absolute Gasteiger partial charge is 0.142 e. The van der Waals surface area contributed by atoms with Crippen molar-refractivity contribution in [2.24, 2.45) is 0 Å². The number of nitrogens with zero attached hydrogens (tertiary/aromatic N) is 1. The molecular weight excluding hydrogens is 219 g/mol. The fraction of sp³-hybridized carbons (Fsp3) is 0.385. The van der Waals surface area contributed by atoms with Gasteiger partial charge in [-0.1, -0.05) is 0 Å². The van der Waals surface area contributed by atoms with Crippen LogP contribution in [0.2, 0.25) is 0 Å². The van der Waals surface area contributed by atoms with Crippen molar-refractivity contribution in [3.05, 3.63) is 29.2 Å². The summed E-state index contributed by atoms with van der Waals surface area (Å²) < 4.78 is 15.5. The molecule has 2 N–H and O–H groups in total. The number of fused-ring (bicyclic) bond motifs is 3. The van der Waals surface area contributed by atoms with E-state index in [1.165, 1.54) is 17.8 Å². The van der Waals surface area contributed by atoms with Crippen LogP contribution in [0, 0.1) is 12.7 Å². The van der Waals surface area contributed by atoms with Crippen LogP contribution >= 0.6 is 0 Å². The lowest BCUT2D eigenvalue weighted by Crippen LogP contribution is -2.17. The summed E-state index contributed by atoms with van der Waals surface area (Å²) in [6.45, 7) is 4.63. The SMILES string of the molecule is Cc1c2n(c3c(O)cc(F)cc13)CCNCC2. The Morgan fingerprint density at radius 3 is 3.00 bits per heavy atom. The lowest BCUT2D eigenvalue weighted by molar-refractivity contribution is 0.471. The van der Waals surface area contributed by atoms with Crippen LogP contribution < -0.4 is 5.32 Å². The van der Waals surface area contributed by atoms with Crippen LogP contribution in [0.15, 0.2) is 12.1 Å². The molecule has 0 aliphatic carbocycles. The van der Waals surface area contributed by atoms with Crippen LogP contribution in [0.3, 0.4) is 0 Å². The van der Waals surface area contributed by atoms with E-state index in [9.17, 15) is 9.50 Å². The zero-order valence-electron chi connectivity index (χ0n) is 9.76. The topological polar surface area (TPSA) is 37.2 Å². The molecule has 0 unspecified atom stereocenters. The second-order valence-corrected chi connectivity index (χ2v) is 4.54. The van der Waals surface area contributed by atoms with Crippen molar-refractivity contribution < 1.29 is 9.50 Å².